The van der Waals surface area contributed by atoms with Crippen LogP contribution in [0.3, 0.4) is 0 Å². The fourth-order valence-corrected chi connectivity index (χ4v) is 4.26. The second-order valence-corrected chi connectivity index (χ2v) is 8.17. The highest BCUT2D eigenvalue weighted by molar-refractivity contribution is 5.79. The predicted octanol–water partition coefficient (Wildman–Crippen LogP) is 2.56. The number of carbonyl (C=O) groups excluding carboxylic acids is 1. The number of amides is 1. The van der Waals surface area contributed by atoms with E-state index in [4.69, 9.17) is 5.73 Å². The lowest BCUT2D eigenvalue weighted by atomic mass is 9.78. The van der Waals surface area contributed by atoms with E-state index in [1.165, 1.54) is 5.56 Å². The van der Waals surface area contributed by atoms with Gasteiger partial charge in [-0.1, -0.05) is 30.3 Å². The minimum atomic E-state index is 0.0934. The molecule has 1 aromatic heterocycles. The van der Waals surface area contributed by atoms with Gasteiger partial charge in [0.15, 0.2) is 0 Å². The number of piperidine rings is 1. The molecule has 0 unspecified atom stereocenters. The van der Waals surface area contributed by atoms with E-state index in [9.17, 15) is 4.79 Å². The smallest absolute Gasteiger partial charge is 0.225 e. The number of rotatable bonds is 5. The minimum Gasteiger partial charge on any atom is -0.356 e. The molecule has 0 spiro atoms. The van der Waals surface area contributed by atoms with Crippen LogP contribution in [0.4, 0.5) is 5.82 Å². The maximum absolute atomic E-state index is 12.8. The summed E-state index contributed by atoms with van der Waals surface area (Å²) in [4.78, 5) is 25.9. The summed E-state index contributed by atoms with van der Waals surface area (Å²) in [6.07, 6.45) is 5.43. The second kappa shape index (κ2) is 8.27. The molecule has 1 aliphatic heterocycles. The number of nitrogens with zero attached hydrogens (tertiary/aromatic N) is 4. The van der Waals surface area contributed by atoms with E-state index < -0.39 is 0 Å². The lowest BCUT2D eigenvalue weighted by molar-refractivity contribution is -0.135. The first kappa shape index (κ1) is 18.9. The molecule has 28 heavy (non-hydrogen) atoms. The first-order chi connectivity index (χ1) is 13.6. The number of aromatic nitrogens is 2. The van der Waals surface area contributed by atoms with Crippen LogP contribution in [0.15, 0.2) is 42.7 Å². The van der Waals surface area contributed by atoms with Crippen molar-refractivity contribution >= 4 is 11.7 Å². The maximum Gasteiger partial charge on any atom is 0.225 e. The quantitative estimate of drug-likeness (QED) is 0.864. The van der Waals surface area contributed by atoms with Gasteiger partial charge in [-0.25, -0.2) is 9.97 Å². The van der Waals surface area contributed by atoms with Crippen molar-refractivity contribution in [1.29, 1.82) is 0 Å². The molecule has 2 N–H and O–H groups in total. The zero-order valence-electron chi connectivity index (χ0n) is 16.5. The summed E-state index contributed by atoms with van der Waals surface area (Å²) in [6.45, 7) is 2.38. The molecule has 2 fully saturated rings. The van der Waals surface area contributed by atoms with Gasteiger partial charge in [0.25, 0.3) is 0 Å². The Morgan fingerprint density at radius 3 is 2.57 bits per heavy atom. The summed E-state index contributed by atoms with van der Waals surface area (Å²) in [7, 11) is 1.90. The summed E-state index contributed by atoms with van der Waals surface area (Å²) in [6, 6.07) is 12.6. The molecule has 1 aliphatic carbocycles. The van der Waals surface area contributed by atoms with Crippen molar-refractivity contribution in [3.8, 4) is 0 Å². The minimum absolute atomic E-state index is 0.0934. The fraction of sp³-hybridized carbons (Fsp3) is 0.500. The Morgan fingerprint density at radius 2 is 1.89 bits per heavy atom. The molecule has 6 heteroatoms. The highest BCUT2D eigenvalue weighted by Gasteiger charge is 2.30. The van der Waals surface area contributed by atoms with Crippen molar-refractivity contribution in [2.24, 2.45) is 11.7 Å². The van der Waals surface area contributed by atoms with Gasteiger partial charge < -0.3 is 15.5 Å². The molecular weight excluding hydrogens is 350 g/mol. The molecule has 1 saturated heterocycles. The van der Waals surface area contributed by atoms with Crippen LogP contribution in [0.5, 0.6) is 0 Å². The van der Waals surface area contributed by atoms with Crippen LogP contribution in [0.25, 0.3) is 0 Å². The molecule has 1 aromatic carbocycles. The topological polar surface area (TPSA) is 75.4 Å². The highest BCUT2D eigenvalue weighted by atomic mass is 16.2. The summed E-state index contributed by atoms with van der Waals surface area (Å²) in [5, 5.41) is 0. The summed E-state index contributed by atoms with van der Waals surface area (Å²) < 4.78 is 0. The summed E-state index contributed by atoms with van der Waals surface area (Å²) >= 11 is 0. The van der Waals surface area contributed by atoms with E-state index in [0.717, 1.165) is 50.3 Å². The van der Waals surface area contributed by atoms with Gasteiger partial charge >= 0.3 is 0 Å². The molecule has 0 radical (unpaired) electrons. The van der Waals surface area contributed by atoms with Gasteiger partial charge in [0.05, 0.1) is 0 Å². The van der Waals surface area contributed by atoms with Crippen LogP contribution >= 0.6 is 0 Å². The number of anilines is 1. The zero-order chi connectivity index (χ0) is 19.5. The Morgan fingerprint density at radius 1 is 1.18 bits per heavy atom. The van der Waals surface area contributed by atoms with Crippen molar-refractivity contribution in [2.45, 2.75) is 44.2 Å². The fourth-order valence-electron chi connectivity index (χ4n) is 4.26. The summed E-state index contributed by atoms with van der Waals surface area (Å²) in [5.41, 5.74) is 8.18. The van der Waals surface area contributed by atoms with Gasteiger partial charge in [-0.05, 0) is 31.2 Å². The molecule has 0 atom stereocenters. The van der Waals surface area contributed by atoms with E-state index in [0.29, 0.717) is 18.5 Å². The van der Waals surface area contributed by atoms with Gasteiger partial charge in [0.2, 0.25) is 5.91 Å². The Labute approximate surface area is 166 Å². The maximum atomic E-state index is 12.8. The third kappa shape index (κ3) is 4.17. The van der Waals surface area contributed by atoms with Crippen LogP contribution in [0.1, 0.15) is 42.9 Å². The van der Waals surface area contributed by atoms with Crippen LogP contribution < -0.4 is 10.6 Å². The number of nitrogens with two attached hydrogens (primary N) is 1. The van der Waals surface area contributed by atoms with Gasteiger partial charge in [0.1, 0.15) is 12.1 Å². The number of hydrogen-bond acceptors (Lipinski definition) is 5. The molecule has 1 amide bonds. The lowest BCUT2D eigenvalue weighted by Gasteiger charge is -2.35. The molecule has 6 nitrogen and oxygen atoms in total. The normalized spacial score (nSPS) is 22.6. The first-order valence-corrected chi connectivity index (χ1v) is 10.2. The van der Waals surface area contributed by atoms with Gasteiger partial charge in [-0.2, -0.15) is 0 Å². The van der Waals surface area contributed by atoms with Crippen LogP contribution in [0, 0.1) is 5.92 Å². The Kier molecular flexibility index (Phi) is 5.57. The molecule has 2 aromatic rings. The second-order valence-electron chi connectivity index (χ2n) is 8.17. The van der Waals surface area contributed by atoms with Crippen LogP contribution in [-0.2, 0) is 11.3 Å². The van der Waals surface area contributed by atoms with Crippen molar-refractivity contribution in [2.75, 3.05) is 25.0 Å². The predicted molar refractivity (Wildman–Crippen MR) is 110 cm³/mol. The Hall–Kier alpha value is -2.47. The van der Waals surface area contributed by atoms with Gasteiger partial charge in [-0.15, -0.1) is 0 Å². The SMILES string of the molecule is CN(Cc1ccccc1)C(=O)C1CCN(c2cc(C3CC(N)C3)ncn2)CC1. The van der Waals surface area contributed by atoms with Crippen molar-refractivity contribution < 1.29 is 4.79 Å². The molecule has 1 saturated carbocycles. The van der Waals surface area contributed by atoms with Gasteiger partial charge in [-0.3, -0.25) is 4.79 Å². The Balaban J connectivity index is 1.32. The van der Waals surface area contributed by atoms with E-state index in [-0.39, 0.29) is 11.8 Å². The van der Waals surface area contributed by atoms with Crippen LogP contribution in [0.2, 0.25) is 0 Å². The molecule has 4 rings (SSSR count). The monoisotopic (exact) mass is 379 g/mol. The van der Waals surface area contributed by atoms with E-state index in [2.05, 4.69) is 33.1 Å². The number of benzene rings is 1. The molecule has 148 valence electrons. The zero-order valence-corrected chi connectivity index (χ0v) is 16.5. The van der Waals surface area contributed by atoms with E-state index >= 15 is 0 Å². The van der Waals surface area contributed by atoms with Gasteiger partial charge in [0, 0.05) is 56.3 Å². The number of hydrogen-bond donors (Lipinski definition) is 1. The van der Waals surface area contributed by atoms with Crippen molar-refractivity contribution in [1.82, 2.24) is 14.9 Å². The Bertz CT molecular complexity index is 798. The van der Waals surface area contributed by atoms with Crippen molar-refractivity contribution in [3.63, 3.8) is 0 Å². The first-order valence-electron chi connectivity index (χ1n) is 10.2. The van der Waals surface area contributed by atoms with E-state index in [1.54, 1.807) is 6.33 Å². The number of carbonyl (C=O) groups is 1. The third-order valence-corrected chi connectivity index (χ3v) is 6.07. The van der Waals surface area contributed by atoms with Crippen molar-refractivity contribution in [3.05, 3.63) is 54.0 Å². The lowest BCUT2D eigenvalue weighted by Crippen LogP contribution is -2.41. The average molecular weight is 380 g/mol. The molecular formula is C22H29N5O. The molecule has 0 bridgehead atoms. The highest BCUT2D eigenvalue weighted by Crippen LogP contribution is 2.35. The molecule has 2 aliphatic rings. The molecule has 2 heterocycles. The van der Waals surface area contributed by atoms with E-state index in [1.807, 2.05) is 30.1 Å². The van der Waals surface area contributed by atoms with Crippen LogP contribution in [-0.4, -0.2) is 47.0 Å². The standard InChI is InChI=1S/C22H29N5O/c1-26(14-16-5-3-2-4-6-16)22(28)17-7-9-27(10-8-17)21-13-20(24-15-25-21)18-11-19(23)12-18/h2-6,13,15,17-19H,7-12,14,23H2,1H3. The largest absolute Gasteiger partial charge is 0.356 e. The summed E-state index contributed by atoms with van der Waals surface area (Å²) in [5.74, 6) is 1.79. The third-order valence-electron chi connectivity index (χ3n) is 6.07. The average Bonchev–Trinajstić information content (AvgIpc) is 2.72.